The van der Waals surface area contributed by atoms with Crippen LogP contribution >= 0.6 is 11.3 Å². The van der Waals surface area contributed by atoms with Gasteiger partial charge in [-0.3, -0.25) is 4.98 Å². The normalized spacial score (nSPS) is 22.0. The predicted octanol–water partition coefficient (Wildman–Crippen LogP) is 4.20. The molecule has 10 nitrogen and oxygen atoms in total. The lowest BCUT2D eigenvalue weighted by Crippen LogP contribution is -2.35. The molecule has 0 saturated heterocycles. The Kier molecular flexibility index (Phi) is 6.67. The van der Waals surface area contributed by atoms with E-state index in [0.717, 1.165) is 37.6 Å². The Morgan fingerprint density at radius 2 is 1.90 bits per heavy atom. The summed E-state index contributed by atoms with van der Waals surface area (Å²) in [5.74, 6) is 1.20. The van der Waals surface area contributed by atoms with Crippen molar-refractivity contribution in [2.45, 2.75) is 51.5 Å². The molecule has 5 N–H and O–H groups in total. The van der Waals surface area contributed by atoms with E-state index in [2.05, 4.69) is 15.6 Å². The molecule has 0 radical (unpaired) electrons. The lowest BCUT2D eigenvalue weighted by molar-refractivity contribution is 0.00446. The molecule has 4 heterocycles. The summed E-state index contributed by atoms with van der Waals surface area (Å²) in [6.45, 7) is 5.58. The first-order valence-electron chi connectivity index (χ1n) is 12.9. The SMILES string of the molecule is Cc1nc(N[C@H](C)c2cc3ccccc3o2)nc(N[C@@H]2C[C@H](CO)[C@@H](O)[C@H]2O)c1-c1nc2c(C)nccc2s1. The molecule has 0 bridgehead atoms. The number of pyridine rings is 1. The van der Waals surface area contributed by atoms with Gasteiger partial charge < -0.3 is 30.4 Å². The number of nitrogens with zero attached hydrogens (tertiary/aromatic N) is 4. The summed E-state index contributed by atoms with van der Waals surface area (Å²) < 4.78 is 7.03. The quantitative estimate of drug-likeness (QED) is 0.201. The number of fused-ring (bicyclic) bond motifs is 2. The number of aliphatic hydroxyl groups excluding tert-OH is 3. The van der Waals surface area contributed by atoms with E-state index in [1.165, 1.54) is 11.3 Å². The van der Waals surface area contributed by atoms with Crippen molar-refractivity contribution in [2.24, 2.45) is 5.92 Å². The number of thiazole rings is 1. The van der Waals surface area contributed by atoms with E-state index < -0.39 is 24.2 Å². The summed E-state index contributed by atoms with van der Waals surface area (Å²) >= 11 is 1.52. The lowest BCUT2D eigenvalue weighted by Gasteiger charge is -2.22. The Labute approximate surface area is 228 Å². The van der Waals surface area contributed by atoms with E-state index >= 15 is 0 Å². The molecule has 5 atom stereocenters. The molecule has 39 heavy (non-hydrogen) atoms. The molecule has 1 aliphatic carbocycles. The van der Waals surface area contributed by atoms with Gasteiger partial charge in [0.05, 0.1) is 39.8 Å². The summed E-state index contributed by atoms with van der Waals surface area (Å²) in [5.41, 5.74) is 3.88. The minimum absolute atomic E-state index is 0.210. The molecule has 5 aromatic rings. The van der Waals surface area contributed by atoms with E-state index in [0.29, 0.717) is 29.4 Å². The van der Waals surface area contributed by atoms with Gasteiger partial charge in [-0.05, 0) is 45.4 Å². The summed E-state index contributed by atoms with van der Waals surface area (Å²) in [6, 6.07) is 11.0. The van der Waals surface area contributed by atoms with Crippen LogP contribution in [-0.2, 0) is 0 Å². The third-order valence-corrected chi connectivity index (χ3v) is 8.41. The van der Waals surface area contributed by atoms with Gasteiger partial charge >= 0.3 is 0 Å². The van der Waals surface area contributed by atoms with Crippen LogP contribution in [0.15, 0.2) is 47.0 Å². The number of para-hydroxylation sites is 1. The first-order chi connectivity index (χ1) is 18.8. The van der Waals surface area contributed by atoms with Crippen LogP contribution in [0.3, 0.4) is 0 Å². The number of aliphatic hydroxyl groups is 3. The van der Waals surface area contributed by atoms with E-state index in [-0.39, 0.29) is 12.6 Å². The van der Waals surface area contributed by atoms with Crippen LogP contribution in [-0.4, -0.2) is 60.1 Å². The summed E-state index contributed by atoms with van der Waals surface area (Å²) in [5, 5.41) is 39.2. The number of aryl methyl sites for hydroxylation is 2. The molecule has 1 saturated carbocycles. The molecular formula is C28H30N6O4S. The highest BCUT2D eigenvalue weighted by atomic mass is 32.1. The van der Waals surface area contributed by atoms with Crippen molar-refractivity contribution in [1.82, 2.24) is 19.9 Å². The molecule has 0 unspecified atom stereocenters. The molecule has 0 aliphatic heterocycles. The molecule has 1 aromatic carbocycles. The number of rotatable bonds is 7. The molecule has 0 spiro atoms. The number of hydrogen-bond donors (Lipinski definition) is 5. The highest BCUT2D eigenvalue weighted by Gasteiger charge is 2.41. The van der Waals surface area contributed by atoms with Crippen molar-refractivity contribution in [1.29, 1.82) is 0 Å². The van der Waals surface area contributed by atoms with Crippen LogP contribution < -0.4 is 10.6 Å². The molecule has 4 aromatic heterocycles. The fourth-order valence-corrected chi connectivity index (χ4v) is 6.30. The average molecular weight is 547 g/mol. The van der Waals surface area contributed by atoms with Gasteiger partial charge in [0.15, 0.2) is 0 Å². The Morgan fingerprint density at radius 1 is 1.08 bits per heavy atom. The Bertz CT molecular complexity index is 1620. The van der Waals surface area contributed by atoms with E-state index in [9.17, 15) is 15.3 Å². The first-order valence-corrected chi connectivity index (χ1v) is 13.7. The molecular weight excluding hydrogens is 516 g/mol. The second-order valence-corrected chi connectivity index (χ2v) is 11.1. The maximum atomic E-state index is 10.7. The van der Waals surface area contributed by atoms with Crippen LogP contribution in [0.4, 0.5) is 11.8 Å². The molecule has 1 fully saturated rings. The molecule has 0 amide bonds. The minimum Gasteiger partial charge on any atom is -0.459 e. The van der Waals surface area contributed by atoms with Crippen molar-refractivity contribution < 1.29 is 19.7 Å². The fraction of sp³-hybridized carbons (Fsp3) is 0.357. The van der Waals surface area contributed by atoms with Crippen LogP contribution in [0.1, 0.15) is 36.5 Å². The molecule has 202 valence electrons. The van der Waals surface area contributed by atoms with Crippen LogP contribution in [0, 0.1) is 19.8 Å². The highest BCUT2D eigenvalue weighted by molar-refractivity contribution is 7.21. The van der Waals surface area contributed by atoms with Crippen molar-refractivity contribution in [3.05, 3.63) is 59.7 Å². The number of anilines is 2. The van der Waals surface area contributed by atoms with Crippen LogP contribution in [0.25, 0.3) is 31.8 Å². The fourth-order valence-electron chi connectivity index (χ4n) is 5.19. The first kappa shape index (κ1) is 25.6. The highest BCUT2D eigenvalue weighted by Crippen LogP contribution is 2.39. The molecule has 11 heteroatoms. The largest absolute Gasteiger partial charge is 0.459 e. The van der Waals surface area contributed by atoms with Crippen molar-refractivity contribution >= 4 is 44.3 Å². The van der Waals surface area contributed by atoms with Crippen LogP contribution in [0.2, 0.25) is 0 Å². The Balaban J connectivity index is 1.39. The maximum Gasteiger partial charge on any atom is 0.225 e. The predicted molar refractivity (Wildman–Crippen MR) is 151 cm³/mol. The monoisotopic (exact) mass is 546 g/mol. The van der Waals surface area contributed by atoms with Crippen molar-refractivity contribution in [3.8, 4) is 10.6 Å². The Hall–Kier alpha value is -3.64. The zero-order valence-corrected chi connectivity index (χ0v) is 22.6. The van der Waals surface area contributed by atoms with Gasteiger partial charge in [-0.15, -0.1) is 11.3 Å². The number of benzene rings is 1. The smallest absolute Gasteiger partial charge is 0.225 e. The van der Waals surface area contributed by atoms with E-state index in [1.54, 1.807) is 6.20 Å². The van der Waals surface area contributed by atoms with Crippen molar-refractivity contribution in [2.75, 3.05) is 17.2 Å². The Morgan fingerprint density at radius 3 is 2.64 bits per heavy atom. The zero-order chi connectivity index (χ0) is 27.3. The summed E-state index contributed by atoms with van der Waals surface area (Å²) in [7, 11) is 0. The van der Waals surface area contributed by atoms with Crippen LogP contribution in [0.5, 0.6) is 0 Å². The maximum absolute atomic E-state index is 10.7. The second-order valence-electron chi connectivity index (χ2n) is 10.1. The lowest BCUT2D eigenvalue weighted by atomic mass is 10.1. The number of aromatic nitrogens is 4. The van der Waals surface area contributed by atoms with Gasteiger partial charge in [0.25, 0.3) is 0 Å². The number of furan rings is 1. The summed E-state index contributed by atoms with van der Waals surface area (Å²) in [4.78, 5) is 18.8. The summed E-state index contributed by atoms with van der Waals surface area (Å²) in [6.07, 6.45) is 0.0705. The van der Waals surface area contributed by atoms with Gasteiger partial charge in [0, 0.05) is 24.1 Å². The van der Waals surface area contributed by atoms with E-state index in [1.807, 2.05) is 57.2 Å². The van der Waals surface area contributed by atoms with Gasteiger partial charge in [0.1, 0.15) is 33.8 Å². The van der Waals surface area contributed by atoms with E-state index in [4.69, 9.17) is 19.4 Å². The second kappa shape index (κ2) is 10.2. The number of hydrogen-bond acceptors (Lipinski definition) is 11. The standard InChI is InChI=1S/C28H30N6O4S/c1-13(20-11-16-6-4-5-7-19(16)38-20)30-28-31-14(2)22(27-33-23-15(3)29-9-8-21(23)39-27)26(34-28)32-18-10-17(12-35)24(36)25(18)37/h4-9,11,13,17-18,24-25,35-37H,10,12H2,1-3H3,(H2,30,31,32,34)/t13-,17-,18-,24-,25+/m1/s1. The zero-order valence-electron chi connectivity index (χ0n) is 21.8. The van der Waals surface area contributed by atoms with Gasteiger partial charge in [-0.2, -0.15) is 4.98 Å². The molecule has 1 aliphatic rings. The van der Waals surface area contributed by atoms with Gasteiger partial charge in [-0.25, -0.2) is 9.97 Å². The van der Waals surface area contributed by atoms with Crippen molar-refractivity contribution in [3.63, 3.8) is 0 Å². The third-order valence-electron chi connectivity index (χ3n) is 7.37. The van der Waals surface area contributed by atoms with Gasteiger partial charge in [-0.1, -0.05) is 18.2 Å². The third kappa shape index (κ3) is 4.71. The minimum atomic E-state index is -1.06. The number of nitrogens with one attached hydrogen (secondary N) is 2. The average Bonchev–Trinajstić information content (AvgIpc) is 3.61. The van der Waals surface area contributed by atoms with Gasteiger partial charge in [0.2, 0.25) is 5.95 Å². The topological polar surface area (TPSA) is 149 Å². The molecule has 6 rings (SSSR count).